The monoisotopic (exact) mass is 295 g/mol. The van der Waals surface area contributed by atoms with E-state index in [2.05, 4.69) is 5.10 Å². The Morgan fingerprint density at radius 3 is 2.81 bits per heavy atom. The van der Waals surface area contributed by atoms with Gasteiger partial charge >= 0.3 is 5.97 Å². The highest BCUT2D eigenvalue weighted by atomic mass is 19.1. The predicted molar refractivity (Wildman–Crippen MR) is 77.5 cm³/mol. The van der Waals surface area contributed by atoms with Crippen LogP contribution in [0.5, 0.6) is 0 Å². The number of hydrogen-bond acceptors (Lipinski definition) is 4. The molecule has 0 bridgehead atoms. The van der Waals surface area contributed by atoms with Gasteiger partial charge in [0, 0.05) is 31.9 Å². The summed E-state index contributed by atoms with van der Waals surface area (Å²) in [5, 5.41) is 4.19. The van der Waals surface area contributed by atoms with E-state index in [9.17, 15) is 9.18 Å². The van der Waals surface area contributed by atoms with Crippen molar-refractivity contribution in [1.29, 1.82) is 0 Å². The van der Waals surface area contributed by atoms with E-state index in [0.29, 0.717) is 18.7 Å². The van der Waals surface area contributed by atoms with Gasteiger partial charge in [0.05, 0.1) is 6.54 Å². The van der Waals surface area contributed by atoms with Crippen LogP contribution in [0.1, 0.15) is 43.2 Å². The maximum Gasteiger partial charge on any atom is 0.359 e. The Balaban J connectivity index is 2.13. The lowest BCUT2D eigenvalue weighted by molar-refractivity contribution is 0.00600. The quantitative estimate of drug-likeness (QED) is 0.804. The van der Waals surface area contributed by atoms with Crippen molar-refractivity contribution in [3.05, 3.63) is 29.4 Å². The van der Waals surface area contributed by atoms with Crippen LogP contribution >= 0.6 is 0 Å². The highest BCUT2D eigenvalue weighted by molar-refractivity contribution is 5.89. The molecule has 6 heteroatoms. The van der Waals surface area contributed by atoms with Gasteiger partial charge in [0.15, 0.2) is 5.69 Å². The van der Waals surface area contributed by atoms with Crippen LogP contribution in [0.4, 0.5) is 4.39 Å². The molecular weight excluding hydrogens is 273 g/mol. The summed E-state index contributed by atoms with van der Waals surface area (Å²) in [6.07, 6.45) is 4.08. The molecule has 1 aromatic heterocycles. The molecule has 0 atom stereocenters. The van der Waals surface area contributed by atoms with Gasteiger partial charge in [0.25, 0.3) is 0 Å². The number of rotatable bonds is 3. The molecule has 0 aliphatic carbocycles. The smallest absolute Gasteiger partial charge is 0.359 e. The Morgan fingerprint density at radius 1 is 1.48 bits per heavy atom. The summed E-state index contributed by atoms with van der Waals surface area (Å²) in [5.74, 6) is -0.560. The van der Waals surface area contributed by atoms with Crippen molar-refractivity contribution in [2.45, 2.75) is 39.3 Å². The fourth-order valence-corrected chi connectivity index (χ4v) is 2.29. The van der Waals surface area contributed by atoms with Gasteiger partial charge in [-0.3, -0.25) is 9.58 Å². The molecule has 0 unspecified atom stereocenters. The summed E-state index contributed by atoms with van der Waals surface area (Å²) in [6, 6.07) is 0. The minimum atomic E-state index is -0.564. The van der Waals surface area contributed by atoms with Gasteiger partial charge in [-0.2, -0.15) is 5.10 Å². The van der Waals surface area contributed by atoms with Crippen molar-refractivity contribution < 1.29 is 13.9 Å². The number of carbonyl (C=O) groups excluding carboxylic acids is 1. The van der Waals surface area contributed by atoms with Gasteiger partial charge in [-0.05, 0) is 27.2 Å². The number of hydrogen-bond donors (Lipinski definition) is 0. The third-order valence-corrected chi connectivity index (χ3v) is 3.08. The fourth-order valence-electron chi connectivity index (χ4n) is 2.29. The molecular formula is C15H22FN3O2. The van der Waals surface area contributed by atoms with Crippen molar-refractivity contribution in [3.63, 3.8) is 0 Å². The van der Waals surface area contributed by atoms with E-state index in [-0.39, 0.29) is 12.4 Å². The molecule has 0 saturated carbocycles. The topological polar surface area (TPSA) is 47.4 Å². The maximum absolute atomic E-state index is 13.3. The molecule has 1 aromatic rings. The first-order chi connectivity index (χ1) is 9.74. The molecule has 5 nitrogen and oxygen atoms in total. The summed E-state index contributed by atoms with van der Waals surface area (Å²) in [5.41, 5.74) is 0.509. The molecule has 0 fully saturated rings. The van der Waals surface area contributed by atoms with E-state index in [1.165, 1.54) is 0 Å². The summed E-state index contributed by atoms with van der Waals surface area (Å²) < 4.78 is 20.3. The average molecular weight is 295 g/mol. The minimum Gasteiger partial charge on any atom is -0.455 e. The van der Waals surface area contributed by atoms with E-state index in [0.717, 1.165) is 12.1 Å². The number of nitrogens with zero attached hydrogens (tertiary/aromatic N) is 3. The Hall–Kier alpha value is -1.69. The standard InChI is InChI=1S/C15H22FN3O2/c1-15(2,3)21-14(20)13-11(8-18(4)17-13)9-19-7-5-6-12(16)10-19/h6,8H,5,7,9-10H2,1-4H3. The Bertz CT molecular complexity index is 558. The van der Waals surface area contributed by atoms with Crippen molar-refractivity contribution in [2.75, 3.05) is 13.1 Å². The van der Waals surface area contributed by atoms with Crippen molar-refractivity contribution in [1.82, 2.24) is 14.7 Å². The summed E-state index contributed by atoms with van der Waals surface area (Å²) in [4.78, 5) is 14.2. The number of ether oxygens (including phenoxy) is 1. The van der Waals surface area contributed by atoms with E-state index in [1.807, 2.05) is 25.7 Å². The van der Waals surface area contributed by atoms with E-state index >= 15 is 0 Å². The second-order valence-electron chi connectivity index (χ2n) is 6.33. The van der Waals surface area contributed by atoms with E-state index < -0.39 is 11.6 Å². The molecule has 2 rings (SSSR count). The first-order valence-electron chi connectivity index (χ1n) is 7.07. The zero-order chi connectivity index (χ0) is 15.6. The normalized spacial score (nSPS) is 16.7. The summed E-state index contributed by atoms with van der Waals surface area (Å²) in [7, 11) is 1.76. The highest BCUT2D eigenvalue weighted by Gasteiger charge is 2.24. The highest BCUT2D eigenvalue weighted by Crippen LogP contribution is 2.18. The average Bonchev–Trinajstić information content (AvgIpc) is 2.68. The molecule has 1 aliphatic rings. The van der Waals surface area contributed by atoms with Crippen LogP contribution in [0.25, 0.3) is 0 Å². The second-order valence-corrected chi connectivity index (χ2v) is 6.33. The SMILES string of the molecule is Cn1cc(CN2CCC=C(F)C2)c(C(=O)OC(C)(C)C)n1. The third kappa shape index (κ3) is 4.39. The van der Waals surface area contributed by atoms with Crippen molar-refractivity contribution >= 4 is 5.97 Å². The number of aryl methyl sites for hydroxylation is 1. The molecule has 1 aliphatic heterocycles. The second kappa shape index (κ2) is 5.97. The zero-order valence-electron chi connectivity index (χ0n) is 13.0. The Labute approximate surface area is 124 Å². The minimum absolute atomic E-state index is 0.121. The molecule has 21 heavy (non-hydrogen) atoms. The predicted octanol–water partition coefficient (Wildman–Crippen LogP) is 2.43. The number of halogens is 1. The zero-order valence-corrected chi connectivity index (χ0v) is 13.0. The van der Waals surface area contributed by atoms with Crippen LogP contribution in [0.15, 0.2) is 18.1 Å². The fraction of sp³-hybridized carbons (Fsp3) is 0.600. The van der Waals surface area contributed by atoms with Gasteiger partial charge in [-0.25, -0.2) is 9.18 Å². The van der Waals surface area contributed by atoms with Crippen LogP contribution < -0.4 is 0 Å². The third-order valence-electron chi connectivity index (χ3n) is 3.08. The maximum atomic E-state index is 13.3. The summed E-state index contributed by atoms with van der Waals surface area (Å²) >= 11 is 0. The van der Waals surface area contributed by atoms with Crippen molar-refractivity contribution in [3.8, 4) is 0 Å². The molecule has 116 valence electrons. The van der Waals surface area contributed by atoms with Gasteiger partial charge in [0.1, 0.15) is 11.4 Å². The van der Waals surface area contributed by atoms with Crippen LogP contribution in [-0.4, -0.2) is 39.3 Å². The lowest BCUT2D eigenvalue weighted by Gasteiger charge is -2.24. The molecule has 0 spiro atoms. The molecule has 0 saturated heterocycles. The molecule has 0 aromatic carbocycles. The molecule has 2 heterocycles. The largest absolute Gasteiger partial charge is 0.455 e. The lowest BCUT2D eigenvalue weighted by atomic mass is 10.1. The molecule has 0 amide bonds. The van der Waals surface area contributed by atoms with Gasteiger partial charge in [-0.1, -0.05) is 6.08 Å². The van der Waals surface area contributed by atoms with Crippen LogP contribution in [0, 0.1) is 0 Å². The van der Waals surface area contributed by atoms with Crippen LogP contribution in [0.2, 0.25) is 0 Å². The van der Waals surface area contributed by atoms with Gasteiger partial charge in [-0.15, -0.1) is 0 Å². The van der Waals surface area contributed by atoms with Crippen LogP contribution in [-0.2, 0) is 18.3 Å². The number of aromatic nitrogens is 2. The lowest BCUT2D eigenvalue weighted by Crippen LogP contribution is -2.30. The van der Waals surface area contributed by atoms with Gasteiger partial charge < -0.3 is 4.74 Å². The van der Waals surface area contributed by atoms with E-state index in [4.69, 9.17) is 4.74 Å². The first kappa shape index (κ1) is 15.7. The van der Waals surface area contributed by atoms with E-state index in [1.54, 1.807) is 24.0 Å². The Morgan fingerprint density at radius 2 is 2.19 bits per heavy atom. The van der Waals surface area contributed by atoms with Gasteiger partial charge in [0.2, 0.25) is 0 Å². The van der Waals surface area contributed by atoms with Crippen molar-refractivity contribution in [2.24, 2.45) is 7.05 Å². The summed E-state index contributed by atoms with van der Waals surface area (Å²) in [6.45, 7) is 7.00. The first-order valence-corrected chi connectivity index (χ1v) is 7.07. The molecule has 0 radical (unpaired) electrons. The number of carbonyl (C=O) groups is 1. The van der Waals surface area contributed by atoms with Crippen LogP contribution in [0.3, 0.4) is 0 Å². The number of esters is 1. The Kier molecular flexibility index (Phi) is 4.46. The molecule has 0 N–H and O–H groups in total.